The van der Waals surface area contributed by atoms with Crippen molar-refractivity contribution < 1.29 is 0 Å². The highest BCUT2D eigenvalue weighted by atomic mass is 32.1. The molecule has 122 valence electrons. The molecule has 3 aromatic heterocycles. The zero-order valence-corrected chi connectivity index (χ0v) is 15.1. The summed E-state index contributed by atoms with van der Waals surface area (Å²) in [5, 5.41) is 9.69. The third kappa shape index (κ3) is 3.89. The van der Waals surface area contributed by atoms with Crippen molar-refractivity contribution in [2.24, 2.45) is 4.99 Å². The maximum atomic E-state index is 4.60. The van der Waals surface area contributed by atoms with E-state index in [-0.39, 0.29) is 0 Å². The van der Waals surface area contributed by atoms with Gasteiger partial charge in [-0.05, 0) is 20.8 Å². The normalized spacial score (nSPS) is 12.0. The van der Waals surface area contributed by atoms with Crippen molar-refractivity contribution in [1.29, 1.82) is 0 Å². The number of nitrogens with zero attached hydrogens (tertiary/aromatic N) is 4. The molecule has 0 atom stereocenters. The summed E-state index contributed by atoms with van der Waals surface area (Å²) in [6.07, 6.45) is 4.03. The topological polar surface area (TPSA) is 66.6 Å². The van der Waals surface area contributed by atoms with Crippen LogP contribution in [0.4, 0.5) is 0 Å². The Kier molecular flexibility index (Phi) is 4.92. The SMILES string of the molecule is CCNC(=NCc1cn2ccsc2n1)NCc1nc(C)c(C)s1. The fourth-order valence-corrected chi connectivity index (χ4v) is 3.72. The van der Waals surface area contributed by atoms with Crippen LogP contribution in [0.5, 0.6) is 0 Å². The number of hydrogen-bond donors (Lipinski definition) is 2. The number of imidazole rings is 1. The van der Waals surface area contributed by atoms with Gasteiger partial charge >= 0.3 is 0 Å². The lowest BCUT2D eigenvalue weighted by Crippen LogP contribution is -2.36. The van der Waals surface area contributed by atoms with E-state index in [0.29, 0.717) is 13.1 Å². The minimum atomic E-state index is 0.555. The number of aryl methyl sites for hydroxylation is 2. The van der Waals surface area contributed by atoms with Crippen molar-refractivity contribution in [3.8, 4) is 0 Å². The second-order valence-electron chi connectivity index (χ2n) is 5.12. The Morgan fingerprint density at radius 3 is 2.87 bits per heavy atom. The van der Waals surface area contributed by atoms with E-state index < -0.39 is 0 Å². The van der Waals surface area contributed by atoms with Crippen LogP contribution in [0.3, 0.4) is 0 Å². The first-order chi connectivity index (χ1) is 11.2. The third-order valence-corrected chi connectivity index (χ3v) is 5.21. The van der Waals surface area contributed by atoms with Crippen molar-refractivity contribution >= 4 is 33.6 Å². The summed E-state index contributed by atoms with van der Waals surface area (Å²) in [5.41, 5.74) is 2.07. The zero-order chi connectivity index (χ0) is 16.2. The first kappa shape index (κ1) is 15.9. The lowest BCUT2D eigenvalue weighted by molar-refractivity contribution is 0.807. The van der Waals surface area contributed by atoms with Crippen LogP contribution in [0, 0.1) is 13.8 Å². The Labute approximate surface area is 143 Å². The molecule has 0 aromatic carbocycles. The van der Waals surface area contributed by atoms with E-state index >= 15 is 0 Å². The van der Waals surface area contributed by atoms with E-state index in [1.165, 1.54) is 4.88 Å². The van der Waals surface area contributed by atoms with Gasteiger partial charge < -0.3 is 10.6 Å². The van der Waals surface area contributed by atoms with Gasteiger partial charge in [0.05, 0.1) is 24.5 Å². The van der Waals surface area contributed by atoms with Crippen LogP contribution in [-0.2, 0) is 13.1 Å². The van der Waals surface area contributed by atoms with Crippen LogP contribution in [0.25, 0.3) is 4.96 Å². The quantitative estimate of drug-likeness (QED) is 0.550. The smallest absolute Gasteiger partial charge is 0.193 e. The minimum absolute atomic E-state index is 0.555. The molecule has 0 radical (unpaired) electrons. The third-order valence-electron chi connectivity index (χ3n) is 3.37. The fraction of sp³-hybridized carbons (Fsp3) is 0.400. The second kappa shape index (κ2) is 7.10. The highest BCUT2D eigenvalue weighted by molar-refractivity contribution is 7.15. The predicted molar refractivity (Wildman–Crippen MR) is 96.3 cm³/mol. The average molecular weight is 349 g/mol. The largest absolute Gasteiger partial charge is 0.357 e. The van der Waals surface area contributed by atoms with Crippen molar-refractivity contribution in [1.82, 2.24) is 25.0 Å². The Hall–Kier alpha value is -1.93. The fourth-order valence-electron chi connectivity index (χ4n) is 2.13. The second-order valence-corrected chi connectivity index (χ2v) is 7.28. The molecule has 0 bridgehead atoms. The van der Waals surface area contributed by atoms with Crippen molar-refractivity contribution in [2.75, 3.05) is 6.54 Å². The molecule has 2 N–H and O–H groups in total. The van der Waals surface area contributed by atoms with Gasteiger partial charge in [0, 0.05) is 29.2 Å². The molecule has 0 unspecified atom stereocenters. The average Bonchev–Trinajstić information content (AvgIpc) is 3.18. The number of fused-ring (bicyclic) bond motifs is 1. The first-order valence-electron chi connectivity index (χ1n) is 7.52. The van der Waals surface area contributed by atoms with Gasteiger partial charge in [-0.2, -0.15) is 0 Å². The number of hydrogen-bond acceptors (Lipinski definition) is 5. The molecule has 3 rings (SSSR count). The van der Waals surface area contributed by atoms with E-state index in [1.54, 1.807) is 22.7 Å². The molecular formula is C15H20N6S2. The maximum Gasteiger partial charge on any atom is 0.193 e. The molecule has 3 heterocycles. The van der Waals surface area contributed by atoms with Gasteiger partial charge in [-0.15, -0.1) is 22.7 Å². The summed E-state index contributed by atoms with van der Waals surface area (Å²) >= 11 is 3.35. The number of rotatable bonds is 5. The molecule has 0 aliphatic rings. The molecule has 0 aliphatic heterocycles. The summed E-state index contributed by atoms with van der Waals surface area (Å²) in [6, 6.07) is 0. The number of thiazole rings is 2. The number of nitrogens with one attached hydrogen (secondary N) is 2. The summed E-state index contributed by atoms with van der Waals surface area (Å²) in [5.74, 6) is 0.786. The minimum Gasteiger partial charge on any atom is -0.357 e. The van der Waals surface area contributed by atoms with Crippen molar-refractivity contribution in [3.05, 3.63) is 39.0 Å². The van der Waals surface area contributed by atoms with Crippen LogP contribution < -0.4 is 10.6 Å². The molecule has 8 heteroatoms. The highest BCUT2D eigenvalue weighted by Gasteiger charge is 2.06. The molecular weight excluding hydrogens is 328 g/mol. The van der Waals surface area contributed by atoms with Crippen LogP contribution in [0.2, 0.25) is 0 Å². The molecule has 0 aliphatic carbocycles. The van der Waals surface area contributed by atoms with E-state index in [2.05, 4.69) is 39.4 Å². The molecule has 0 saturated heterocycles. The number of guanidine groups is 1. The van der Waals surface area contributed by atoms with E-state index in [1.807, 2.05) is 29.1 Å². The lowest BCUT2D eigenvalue weighted by atomic mass is 10.4. The van der Waals surface area contributed by atoms with Gasteiger partial charge in [-0.3, -0.25) is 4.40 Å². The van der Waals surface area contributed by atoms with Crippen LogP contribution in [0.1, 0.15) is 28.2 Å². The summed E-state index contributed by atoms with van der Waals surface area (Å²) in [6.45, 7) is 8.25. The molecule has 0 spiro atoms. The molecule has 3 aromatic rings. The van der Waals surface area contributed by atoms with Crippen molar-refractivity contribution in [2.45, 2.75) is 33.9 Å². The van der Waals surface area contributed by atoms with Gasteiger partial charge in [-0.25, -0.2) is 15.0 Å². The Balaban J connectivity index is 1.63. The van der Waals surface area contributed by atoms with Gasteiger partial charge in [0.25, 0.3) is 0 Å². The van der Waals surface area contributed by atoms with E-state index in [4.69, 9.17) is 0 Å². The van der Waals surface area contributed by atoms with Crippen molar-refractivity contribution in [3.63, 3.8) is 0 Å². The molecule has 6 nitrogen and oxygen atoms in total. The lowest BCUT2D eigenvalue weighted by Gasteiger charge is -2.09. The monoisotopic (exact) mass is 348 g/mol. The standard InChI is InChI=1S/C15H20N6S2/c1-4-16-14(18-8-13-19-10(2)11(3)23-13)17-7-12-9-21-5-6-22-15(21)20-12/h5-6,9H,4,7-8H2,1-3H3,(H2,16,17,18). The van der Waals surface area contributed by atoms with Gasteiger partial charge in [0.15, 0.2) is 10.9 Å². The van der Waals surface area contributed by atoms with Crippen LogP contribution in [-0.4, -0.2) is 26.9 Å². The highest BCUT2D eigenvalue weighted by Crippen LogP contribution is 2.16. The molecule has 0 fully saturated rings. The van der Waals surface area contributed by atoms with E-state index in [0.717, 1.165) is 33.9 Å². The van der Waals surface area contributed by atoms with Gasteiger partial charge in [0.1, 0.15) is 5.01 Å². The molecule has 0 amide bonds. The number of aliphatic imine (C=N–C) groups is 1. The Morgan fingerprint density at radius 2 is 2.17 bits per heavy atom. The number of aromatic nitrogens is 3. The first-order valence-corrected chi connectivity index (χ1v) is 9.21. The zero-order valence-electron chi connectivity index (χ0n) is 13.5. The Bertz CT molecular complexity index is 765. The van der Waals surface area contributed by atoms with Crippen LogP contribution in [0.15, 0.2) is 22.8 Å². The van der Waals surface area contributed by atoms with Crippen LogP contribution >= 0.6 is 22.7 Å². The van der Waals surface area contributed by atoms with Gasteiger partial charge in [0.2, 0.25) is 0 Å². The summed E-state index contributed by atoms with van der Waals surface area (Å²) in [7, 11) is 0. The predicted octanol–water partition coefficient (Wildman–Crippen LogP) is 2.72. The Morgan fingerprint density at radius 1 is 1.30 bits per heavy atom. The van der Waals surface area contributed by atoms with E-state index in [9.17, 15) is 0 Å². The summed E-state index contributed by atoms with van der Waals surface area (Å²) < 4.78 is 2.02. The summed E-state index contributed by atoms with van der Waals surface area (Å²) in [4.78, 5) is 16.0. The molecule has 0 saturated carbocycles. The van der Waals surface area contributed by atoms with Gasteiger partial charge in [-0.1, -0.05) is 0 Å². The maximum absolute atomic E-state index is 4.60. The molecule has 23 heavy (non-hydrogen) atoms.